The molecule has 5 heteroatoms. The highest BCUT2D eigenvalue weighted by Crippen LogP contribution is 2.13. The molecule has 4 nitrogen and oxygen atoms in total. The molecule has 0 radical (unpaired) electrons. The van der Waals surface area contributed by atoms with E-state index >= 15 is 0 Å². The third-order valence-corrected chi connectivity index (χ3v) is 3.15. The van der Waals surface area contributed by atoms with E-state index in [4.69, 9.17) is 0 Å². The quantitative estimate of drug-likeness (QED) is 0.648. The lowest BCUT2D eigenvalue weighted by Crippen LogP contribution is -2.25. The highest BCUT2D eigenvalue weighted by molar-refractivity contribution is 9.10. The van der Waals surface area contributed by atoms with Gasteiger partial charge in [0.05, 0.1) is 5.71 Å². The van der Waals surface area contributed by atoms with Crippen LogP contribution in [-0.2, 0) is 0 Å². The maximum absolute atomic E-state index is 11.7. The fraction of sp³-hybridized carbons (Fsp3) is 0.0667. The molecule has 2 aromatic carbocycles. The van der Waals surface area contributed by atoms with Gasteiger partial charge in [-0.2, -0.15) is 5.10 Å². The van der Waals surface area contributed by atoms with Crippen LogP contribution >= 0.6 is 15.9 Å². The Hall–Kier alpha value is -2.14. The molecule has 102 valence electrons. The van der Waals surface area contributed by atoms with E-state index in [1.165, 1.54) is 0 Å². The Labute approximate surface area is 126 Å². The van der Waals surface area contributed by atoms with Crippen LogP contribution in [0, 0.1) is 0 Å². The van der Waals surface area contributed by atoms with Gasteiger partial charge in [-0.3, -0.25) is 0 Å². The number of carbonyl (C=O) groups excluding carboxylic acids is 1. The number of urea groups is 1. The van der Waals surface area contributed by atoms with Gasteiger partial charge in [0.2, 0.25) is 0 Å². The summed E-state index contributed by atoms with van der Waals surface area (Å²) in [6.07, 6.45) is 0. The van der Waals surface area contributed by atoms with Gasteiger partial charge in [-0.25, -0.2) is 10.2 Å². The number of hydrogen-bond acceptors (Lipinski definition) is 2. The lowest BCUT2D eigenvalue weighted by molar-refractivity contribution is 0.252. The molecule has 2 N–H and O–H groups in total. The van der Waals surface area contributed by atoms with Gasteiger partial charge in [-0.05, 0) is 36.8 Å². The third kappa shape index (κ3) is 4.20. The minimum absolute atomic E-state index is 0.373. The van der Waals surface area contributed by atoms with E-state index in [-0.39, 0.29) is 6.03 Å². The molecule has 0 heterocycles. The van der Waals surface area contributed by atoms with Crippen molar-refractivity contribution in [2.24, 2.45) is 5.10 Å². The Morgan fingerprint density at radius 3 is 2.35 bits per heavy atom. The van der Waals surface area contributed by atoms with Gasteiger partial charge < -0.3 is 5.32 Å². The van der Waals surface area contributed by atoms with Crippen molar-refractivity contribution in [2.45, 2.75) is 6.92 Å². The average molecular weight is 332 g/mol. The van der Waals surface area contributed by atoms with Crippen LogP contribution in [0.2, 0.25) is 0 Å². The van der Waals surface area contributed by atoms with Crippen LogP contribution in [0.15, 0.2) is 64.2 Å². The molecule has 0 aliphatic heterocycles. The molecule has 0 aromatic heterocycles. The molecule has 0 saturated carbocycles. The number of nitrogens with zero attached hydrogens (tertiary/aromatic N) is 1. The van der Waals surface area contributed by atoms with Crippen molar-refractivity contribution in [3.8, 4) is 0 Å². The summed E-state index contributed by atoms with van der Waals surface area (Å²) < 4.78 is 0.960. The zero-order valence-electron chi connectivity index (χ0n) is 10.9. The summed E-state index contributed by atoms with van der Waals surface area (Å²) in [5.41, 5.74) is 4.89. The minimum Gasteiger partial charge on any atom is -0.307 e. The summed E-state index contributed by atoms with van der Waals surface area (Å²) >= 11 is 3.34. The molecular formula is C15H14BrN3O. The predicted molar refractivity (Wildman–Crippen MR) is 84.9 cm³/mol. The first kappa shape index (κ1) is 14.3. The van der Waals surface area contributed by atoms with Crippen molar-refractivity contribution in [3.05, 3.63) is 64.6 Å². The molecule has 2 amide bonds. The Kier molecular flexibility index (Phi) is 4.90. The van der Waals surface area contributed by atoms with E-state index in [0.717, 1.165) is 15.7 Å². The number of hydrazone groups is 1. The topological polar surface area (TPSA) is 53.5 Å². The molecule has 0 spiro atoms. The SMILES string of the molecule is C/C(=N\NC(=O)Nc1ccc(Br)cc1)c1ccccc1. The molecule has 0 fully saturated rings. The van der Waals surface area contributed by atoms with Crippen molar-refractivity contribution in [1.29, 1.82) is 0 Å². The van der Waals surface area contributed by atoms with Crippen molar-refractivity contribution in [1.82, 2.24) is 5.43 Å². The first-order valence-corrected chi connectivity index (χ1v) is 6.87. The molecule has 0 saturated heterocycles. The second kappa shape index (κ2) is 6.86. The first-order valence-electron chi connectivity index (χ1n) is 6.07. The van der Waals surface area contributed by atoms with Crippen molar-refractivity contribution in [2.75, 3.05) is 5.32 Å². The lowest BCUT2D eigenvalue weighted by atomic mass is 10.1. The Balaban J connectivity index is 1.93. The smallest absolute Gasteiger partial charge is 0.307 e. The molecule has 0 atom stereocenters. The standard InChI is InChI=1S/C15H14BrN3O/c1-11(12-5-3-2-4-6-12)18-19-15(20)17-14-9-7-13(16)8-10-14/h2-10H,1H3,(H2,17,19,20)/b18-11+. The summed E-state index contributed by atoms with van der Waals surface area (Å²) in [4.78, 5) is 11.7. The zero-order valence-corrected chi connectivity index (χ0v) is 12.5. The van der Waals surface area contributed by atoms with Crippen molar-refractivity contribution in [3.63, 3.8) is 0 Å². The molecule has 0 aliphatic rings. The second-order valence-electron chi connectivity index (χ2n) is 4.14. The van der Waals surface area contributed by atoms with Gasteiger partial charge in [0, 0.05) is 10.2 Å². The number of carbonyl (C=O) groups is 1. The van der Waals surface area contributed by atoms with E-state index in [9.17, 15) is 4.79 Å². The summed E-state index contributed by atoms with van der Waals surface area (Å²) in [6.45, 7) is 1.84. The lowest BCUT2D eigenvalue weighted by Gasteiger charge is -2.05. The normalized spacial score (nSPS) is 11.0. The molecule has 2 aromatic rings. The Morgan fingerprint density at radius 2 is 1.70 bits per heavy atom. The van der Waals surface area contributed by atoms with Crippen LogP contribution in [-0.4, -0.2) is 11.7 Å². The number of anilines is 1. The summed E-state index contributed by atoms with van der Waals surface area (Å²) in [7, 11) is 0. The summed E-state index contributed by atoms with van der Waals surface area (Å²) in [5.74, 6) is 0. The minimum atomic E-state index is -0.373. The fourth-order valence-electron chi connectivity index (χ4n) is 1.57. The molecule has 0 bridgehead atoms. The van der Waals surface area contributed by atoms with Crippen LogP contribution in [0.3, 0.4) is 0 Å². The molecule has 20 heavy (non-hydrogen) atoms. The number of nitrogens with one attached hydrogen (secondary N) is 2. The van der Waals surface area contributed by atoms with Gasteiger partial charge >= 0.3 is 6.03 Å². The van der Waals surface area contributed by atoms with Gasteiger partial charge in [-0.1, -0.05) is 46.3 Å². The van der Waals surface area contributed by atoms with Crippen molar-refractivity contribution >= 4 is 33.4 Å². The van der Waals surface area contributed by atoms with Gasteiger partial charge in [0.1, 0.15) is 0 Å². The largest absolute Gasteiger partial charge is 0.339 e. The maximum Gasteiger partial charge on any atom is 0.339 e. The van der Waals surface area contributed by atoms with Gasteiger partial charge in [0.15, 0.2) is 0 Å². The monoisotopic (exact) mass is 331 g/mol. The zero-order chi connectivity index (χ0) is 14.4. The van der Waals surface area contributed by atoms with Crippen LogP contribution in [0.25, 0.3) is 0 Å². The van der Waals surface area contributed by atoms with Crippen molar-refractivity contribution < 1.29 is 4.79 Å². The maximum atomic E-state index is 11.7. The number of rotatable bonds is 3. The number of halogens is 1. The van der Waals surface area contributed by atoms with Crippen LogP contribution in [0.1, 0.15) is 12.5 Å². The van der Waals surface area contributed by atoms with Gasteiger partial charge in [-0.15, -0.1) is 0 Å². The summed E-state index contributed by atoms with van der Waals surface area (Å²) in [5, 5.41) is 6.75. The second-order valence-corrected chi connectivity index (χ2v) is 5.05. The van der Waals surface area contributed by atoms with Gasteiger partial charge in [0.25, 0.3) is 0 Å². The third-order valence-electron chi connectivity index (χ3n) is 2.62. The van der Waals surface area contributed by atoms with Crippen LogP contribution in [0.5, 0.6) is 0 Å². The Morgan fingerprint density at radius 1 is 1.05 bits per heavy atom. The summed E-state index contributed by atoms with van der Waals surface area (Å²) in [6, 6.07) is 16.6. The van der Waals surface area contributed by atoms with E-state index in [2.05, 4.69) is 31.8 Å². The van der Waals surface area contributed by atoms with E-state index < -0.39 is 0 Å². The van der Waals surface area contributed by atoms with E-state index in [0.29, 0.717) is 5.69 Å². The van der Waals surface area contributed by atoms with E-state index in [1.54, 1.807) is 12.1 Å². The first-order chi connectivity index (χ1) is 9.65. The number of amides is 2. The number of benzene rings is 2. The molecule has 0 aliphatic carbocycles. The fourth-order valence-corrected chi connectivity index (χ4v) is 1.84. The highest BCUT2D eigenvalue weighted by Gasteiger charge is 2.01. The Bertz CT molecular complexity index is 609. The molecule has 2 rings (SSSR count). The van der Waals surface area contributed by atoms with E-state index in [1.807, 2.05) is 49.4 Å². The highest BCUT2D eigenvalue weighted by atomic mass is 79.9. The van der Waals surface area contributed by atoms with Crippen LogP contribution < -0.4 is 10.7 Å². The molecular weight excluding hydrogens is 318 g/mol. The molecule has 0 unspecified atom stereocenters. The average Bonchev–Trinajstić information content (AvgIpc) is 2.48. The predicted octanol–water partition coefficient (Wildman–Crippen LogP) is 3.99. The number of hydrogen-bond donors (Lipinski definition) is 2. The van der Waals surface area contributed by atoms with Crippen LogP contribution in [0.4, 0.5) is 10.5 Å².